The highest BCUT2D eigenvalue weighted by atomic mass is 16.7. The van der Waals surface area contributed by atoms with Crippen LogP contribution in [-0.4, -0.2) is 50.6 Å². The van der Waals surface area contributed by atoms with Crippen LogP contribution in [0.4, 0.5) is 0 Å². The quantitative estimate of drug-likeness (QED) is 0.798. The summed E-state index contributed by atoms with van der Waals surface area (Å²) in [6.45, 7) is 9.66. The minimum Gasteiger partial charge on any atom is -0.355 e. The molecular formula is C17H28N2O2. The number of likely N-dealkylation sites (N-methyl/N-ethyl adjacent to an activating group) is 1. The molecule has 0 aliphatic carbocycles. The van der Waals surface area contributed by atoms with Crippen LogP contribution in [-0.2, 0) is 9.47 Å². The first-order valence-electron chi connectivity index (χ1n) is 8.04. The predicted molar refractivity (Wildman–Crippen MR) is 85.3 cm³/mol. The molecule has 1 N–H and O–H groups in total. The van der Waals surface area contributed by atoms with E-state index in [-0.39, 0.29) is 6.10 Å². The number of hydrogen-bond donors (Lipinski definition) is 1. The Morgan fingerprint density at radius 3 is 2.62 bits per heavy atom. The second-order valence-electron chi connectivity index (χ2n) is 5.41. The van der Waals surface area contributed by atoms with Crippen molar-refractivity contribution in [2.24, 2.45) is 0 Å². The Kier molecular flexibility index (Phi) is 7.16. The van der Waals surface area contributed by atoms with E-state index in [0.717, 1.165) is 39.2 Å². The molecule has 2 atom stereocenters. The molecule has 4 heteroatoms. The lowest BCUT2D eigenvalue weighted by molar-refractivity contribution is -0.137. The molecule has 2 rings (SSSR count). The lowest BCUT2D eigenvalue weighted by atomic mass is 10.0. The van der Waals surface area contributed by atoms with Crippen LogP contribution < -0.4 is 5.32 Å². The molecule has 0 radical (unpaired) electrons. The van der Waals surface area contributed by atoms with Gasteiger partial charge in [-0.1, -0.05) is 44.2 Å². The van der Waals surface area contributed by atoms with Crippen molar-refractivity contribution < 1.29 is 9.47 Å². The van der Waals surface area contributed by atoms with Gasteiger partial charge in [-0.2, -0.15) is 0 Å². The van der Waals surface area contributed by atoms with Crippen LogP contribution in [0.3, 0.4) is 0 Å². The molecule has 1 saturated heterocycles. The summed E-state index contributed by atoms with van der Waals surface area (Å²) in [6, 6.07) is 11.2. The molecule has 1 fully saturated rings. The predicted octanol–water partition coefficient (Wildman–Crippen LogP) is 2.42. The van der Waals surface area contributed by atoms with E-state index >= 15 is 0 Å². The highest BCUT2D eigenvalue weighted by Crippen LogP contribution is 2.19. The first-order valence-corrected chi connectivity index (χ1v) is 8.04. The van der Waals surface area contributed by atoms with Crippen LogP contribution in [0.25, 0.3) is 0 Å². The minimum absolute atomic E-state index is 0.284. The van der Waals surface area contributed by atoms with E-state index in [1.807, 2.05) is 0 Å². The lowest BCUT2D eigenvalue weighted by Gasteiger charge is -2.31. The second kappa shape index (κ2) is 9.15. The molecule has 1 aliphatic rings. The van der Waals surface area contributed by atoms with Gasteiger partial charge in [0.25, 0.3) is 0 Å². The first-order chi connectivity index (χ1) is 10.3. The van der Waals surface area contributed by atoms with Gasteiger partial charge >= 0.3 is 0 Å². The van der Waals surface area contributed by atoms with Crippen molar-refractivity contribution in [1.29, 1.82) is 0 Å². The third-order valence-corrected chi connectivity index (χ3v) is 4.12. The van der Waals surface area contributed by atoms with Crippen LogP contribution in [0.2, 0.25) is 0 Å². The molecule has 21 heavy (non-hydrogen) atoms. The standard InChI is InChI=1S/C17H28N2O2/c1-3-19(4-2)17(15-8-6-5-7-9-15)13-18-12-16-10-11-20-14-21-16/h5-9,16-18H,3-4,10-14H2,1-2H3. The van der Waals surface area contributed by atoms with Gasteiger partial charge < -0.3 is 14.8 Å². The maximum absolute atomic E-state index is 5.58. The zero-order valence-electron chi connectivity index (χ0n) is 13.3. The number of ether oxygens (including phenoxy) is 2. The maximum Gasteiger partial charge on any atom is 0.147 e. The molecule has 118 valence electrons. The second-order valence-corrected chi connectivity index (χ2v) is 5.41. The lowest BCUT2D eigenvalue weighted by Crippen LogP contribution is -2.40. The maximum atomic E-state index is 5.58. The average Bonchev–Trinajstić information content (AvgIpc) is 2.56. The summed E-state index contributed by atoms with van der Waals surface area (Å²) >= 11 is 0. The fraction of sp³-hybridized carbons (Fsp3) is 0.647. The van der Waals surface area contributed by atoms with Crippen molar-refractivity contribution in [1.82, 2.24) is 10.2 Å². The Morgan fingerprint density at radius 1 is 1.24 bits per heavy atom. The monoisotopic (exact) mass is 292 g/mol. The van der Waals surface area contributed by atoms with Gasteiger partial charge in [-0.3, -0.25) is 4.90 Å². The summed E-state index contributed by atoms with van der Waals surface area (Å²) < 4.78 is 10.8. The minimum atomic E-state index is 0.284. The third-order valence-electron chi connectivity index (χ3n) is 4.12. The van der Waals surface area contributed by atoms with Gasteiger partial charge in [0.1, 0.15) is 6.79 Å². The molecule has 2 unspecified atom stereocenters. The number of rotatable bonds is 8. The van der Waals surface area contributed by atoms with Gasteiger partial charge in [0, 0.05) is 19.1 Å². The summed E-state index contributed by atoms with van der Waals surface area (Å²) in [7, 11) is 0. The van der Waals surface area contributed by atoms with Gasteiger partial charge in [0.2, 0.25) is 0 Å². The summed E-state index contributed by atoms with van der Waals surface area (Å²) in [5.41, 5.74) is 1.38. The van der Waals surface area contributed by atoms with E-state index in [4.69, 9.17) is 9.47 Å². The van der Waals surface area contributed by atoms with Gasteiger partial charge in [-0.05, 0) is 25.1 Å². The normalized spacial score (nSPS) is 20.6. The van der Waals surface area contributed by atoms with E-state index in [0.29, 0.717) is 12.8 Å². The summed E-state index contributed by atoms with van der Waals surface area (Å²) in [4.78, 5) is 2.49. The van der Waals surface area contributed by atoms with Gasteiger partial charge in [-0.15, -0.1) is 0 Å². The van der Waals surface area contributed by atoms with E-state index in [1.54, 1.807) is 0 Å². The Hall–Kier alpha value is -0.940. The van der Waals surface area contributed by atoms with E-state index < -0.39 is 0 Å². The highest BCUT2D eigenvalue weighted by Gasteiger charge is 2.19. The number of benzene rings is 1. The Balaban J connectivity index is 1.89. The number of hydrogen-bond acceptors (Lipinski definition) is 4. The zero-order chi connectivity index (χ0) is 14.9. The topological polar surface area (TPSA) is 33.7 Å². The molecule has 0 aromatic heterocycles. The largest absolute Gasteiger partial charge is 0.355 e. The van der Waals surface area contributed by atoms with Gasteiger partial charge in [0.05, 0.1) is 12.7 Å². The van der Waals surface area contributed by atoms with E-state index in [2.05, 4.69) is 54.4 Å². The molecule has 1 aliphatic heterocycles. The van der Waals surface area contributed by atoms with Crippen molar-refractivity contribution in [3.63, 3.8) is 0 Å². The Bertz CT molecular complexity index is 376. The SMILES string of the molecule is CCN(CC)C(CNCC1CCOCO1)c1ccccc1. The molecular weight excluding hydrogens is 264 g/mol. The fourth-order valence-corrected chi connectivity index (χ4v) is 2.84. The summed E-state index contributed by atoms with van der Waals surface area (Å²) in [5, 5.41) is 3.58. The van der Waals surface area contributed by atoms with Gasteiger partial charge in [-0.25, -0.2) is 0 Å². The number of nitrogens with zero attached hydrogens (tertiary/aromatic N) is 1. The van der Waals surface area contributed by atoms with Gasteiger partial charge in [0.15, 0.2) is 0 Å². The summed E-state index contributed by atoms with van der Waals surface area (Å²) in [5.74, 6) is 0. The smallest absolute Gasteiger partial charge is 0.147 e. The molecule has 0 amide bonds. The van der Waals surface area contributed by atoms with Crippen molar-refractivity contribution in [3.8, 4) is 0 Å². The molecule has 4 nitrogen and oxygen atoms in total. The van der Waals surface area contributed by atoms with E-state index in [9.17, 15) is 0 Å². The Morgan fingerprint density at radius 2 is 2.00 bits per heavy atom. The first kappa shape index (κ1) is 16.4. The van der Waals surface area contributed by atoms with Crippen molar-refractivity contribution >= 4 is 0 Å². The molecule has 1 aromatic rings. The molecule has 1 aromatic carbocycles. The Labute approximate surface area is 128 Å². The highest BCUT2D eigenvalue weighted by molar-refractivity contribution is 5.19. The molecule has 1 heterocycles. The van der Waals surface area contributed by atoms with Crippen LogP contribution in [0.1, 0.15) is 31.9 Å². The van der Waals surface area contributed by atoms with E-state index in [1.165, 1.54) is 5.56 Å². The molecule has 0 bridgehead atoms. The van der Waals surface area contributed by atoms with Crippen molar-refractivity contribution in [2.75, 3.05) is 39.6 Å². The molecule has 0 spiro atoms. The van der Waals surface area contributed by atoms with Crippen LogP contribution >= 0.6 is 0 Å². The summed E-state index contributed by atoms with van der Waals surface area (Å²) in [6.07, 6.45) is 1.26. The fourth-order valence-electron chi connectivity index (χ4n) is 2.84. The van der Waals surface area contributed by atoms with Crippen LogP contribution in [0.15, 0.2) is 30.3 Å². The zero-order valence-corrected chi connectivity index (χ0v) is 13.3. The third kappa shape index (κ3) is 5.08. The van der Waals surface area contributed by atoms with Crippen molar-refractivity contribution in [2.45, 2.75) is 32.4 Å². The van der Waals surface area contributed by atoms with Crippen LogP contribution in [0, 0.1) is 0 Å². The van der Waals surface area contributed by atoms with Crippen molar-refractivity contribution in [3.05, 3.63) is 35.9 Å². The average molecular weight is 292 g/mol. The molecule has 0 saturated carbocycles. The van der Waals surface area contributed by atoms with Crippen LogP contribution in [0.5, 0.6) is 0 Å². The number of nitrogens with one attached hydrogen (secondary N) is 1.